The summed E-state index contributed by atoms with van der Waals surface area (Å²) < 4.78 is 6.64. The predicted molar refractivity (Wildman–Crippen MR) is 508 cm³/mol. The van der Waals surface area contributed by atoms with Crippen LogP contribution in [-0.4, -0.2) is 27.0 Å². The summed E-state index contributed by atoms with van der Waals surface area (Å²) in [6.45, 7) is 20.5. The van der Waals surface area contributed by atoms with Gasteiger partial charge in [0.25, 0.3) is 5.91 Å². The zero-order valence-corrected chi connectivity index (χ0v) is 79.6. The maximum absolute atomic E-state index is 17.5. The summed E-state index contributed by atoms with van der Waals surface area (Å²) in [4.78, 5) is 36.3. The van der Waals surface area contributed by atoms with E-state index in [4.69, 9.17) is 9.97 Å². The molecule has 630 valence electrons. The Morgan fingerprint density at radius 1 is 0.342 bits per heavy atom. The number of carbonyl (C=O) groups is 1. The molecule has 0 saturated heterocycles. The van der Waals surface area contributed by atoms with Crippen molar-refractivity contribution < 1.29 is 4.79 Å². The fourth-order valence-electron chi connectivity index (χ4n) is 18.3. The molecule has 2 atom stereocenters. The lowest BCUT2D eigenvalue weighted by molar-refractivity contribution is 0.0988. The number of hydrogen-bond donors (Lipinski definition) is 0. The number of hydrogen-bond acceptors (Lipinski definition) is 7. The van der Waals surface area contributed by atoms with Gasteiger partial charge < -0.3 is 9.47 Å². The summed E-state index contributed by atoms with van der Waals surface area (Å²) in [6.07, 6.45) is 86.7. The second-order valence-electron chi connectivity index (χ2n) is 35.0. The molecule has 11 heteroatoms. The van der Waals surface area contributed by atoms with E-state index in [-0.39, 0.29) is 5.91 Å². The quantitative estimate of drug-likeness (QED) is 0.0358. The molecule has 0 aliphatic carbocycles. The molecule has 1 aliphatic heterocycles. The first-order valence-electron chi connectivity index (χ1n) is 48.6. The Morgan fingerprint density at radius 2 is 0.658 bits per heavy atom. The van der Waals surface area contributed by atoms with Gasteiger partial charge >= 0.3 is 0 Å². The molecule has 111 heavy (non-hydrogen) atoms. The molecule has 0 bridgehead atoms. The van der Waals surface area contributed by atoms with Crippen LogP contribution < -0.4 is 4.90 Å². The molecule has 6 aromatic rings. The van der Waals surface area contributed by atoms with Crippen molar-refractivity contribution in [2.75, 3.05) is 11.4 Å². The van der Waals surface area contributed by atoms with Crippen LogP contribution in [0.1, 0.15) is 493 Å². The van der Waals surface area contributed by atoms with Gasteiger partial charge in [0.05, 0.1) is 60.6 Å². The summed E-state index contributed by atoms with van der Waals surface area (Å²) >= 11 is 16.0. The third-order valence-electron chi connectivity index (χ3n) is 25.1. The topological polar surface area (TPSA) is 51.0 Å². The van der Waals surface area contributed by atoms with Gasteiger partial charge in [0.2, 0.25) is 0 Å². The third kappa shape index (κ3) is 34.0. The highest BCUT2D eigenvalue weighted by Gasteiger charge is 2.43. The van der Waals surface area contributed by atoms with Crippen molar-refractivity contribution in [2.24, 2.45) is 11.8 Å². The maximum Gasteiger partial charge on any atom is 0.261 e. The number of aromatic nitrogens is 3. The minimum Gasteiger partial charge on any atom is -0.338 e. The molecule has 5 nitrogen and oxygen atoms in total. The first-order valence-corrected chi connectivity index (χ1v) is 53.4. The molecule has 5 aromatic heterocycles. The van der Waals surface area contributed by atoms with Crippen LogP contribution in [0.4, 0.5) is 5.69 Å². The number of thiophene rings is 2. The minimum absolute atomic E-state index is 0.276. The van der Waals surface area contributed by atoms with Crippen LogP contribution in [0.2, 0.25) is 0 Å². The molecular weight excluding hydrogens is 1560 g/mol. The molecule has 1 amide bonds. The lowest BCUT2D eigenvalue weighted by Gasteiger charge is -2.28. The number of fused-ring (bicyclic) bond motifs is 2. The Balaban J connectivity index is 1.48. The van der Waals surface area contributed by atoms with Gasteiger partial charge in [0, 0.05) is 24.0 Å². The first-order chi connectivity index (χ1) is 54.7. The smallest absolute Gasteiger partial charge is 0.261 e. The minimum atomic E-state index is 0.276. The SMILES string of the molecule is CCCCCCCCCCCCc1cc(Br)sc1-c1nc(CCCCCCCCCCCC)c(-c2c3c4c(c5sc(-c6sc(Br)cc6CCCCCCCCCCCC)nc5c(CCCCCCCCCCC)c4n2CC(CCCCCC)CCCCCCCC)N(CC(CCCCCC)CCCCCCCC)C3=O)s1. The fraction of sp³-hybridized carbons (Fsp3) is 0.790. The predicted octanol–water partition coefficient (Wildman–Crippen LogP) is 37.5. The molecular formula is C100H166Br2N4OS4. The first kappa shape index (κ1) is 96.2. The molecule has 2 unspecified atom stereocenters. The van der Waals surface area contributed by atoms with E-state index in [0.29, 0.717) is 11.8 Å². The lowest BCUT2D eigenvalue weighted by Crippen LogP contribution is -2.33. The Morgan fingerprint density at radius 3 is 1.04 bits per heavy atom. The van der Waals surface area contributed by atoms with E-state index in [1.165, 1.54) is 479 Å². The van der Waals surface area contributed by atoms with Gasteiger partial charge in [-0.1, -0.05) is 409 Å². The van der Waals surface area contributed by atoms with Crippen molar-refractivity contribution >= 4 is 110 Å². The monoisotopic (exact) mass is 1730 g/mol. The van der Waals surface area contributed by atoms with Crippen LogP contribution in [0, 0.1) is 11.8 Å². The van der Waals surface area contributed by atoms with E-state index in [9.17, 15) is 0 Å². The average molecular weight is 1730 g/mol. The molecule has 6 heterocycles. The highest BCUT2D eigenvalue weighted by atomic mass is 79.9. The molecule has 0 fully saturated rings. The zero-order chi connectivity index (χ0) is 78.7. The molecule has 1 aromatic carbocycles. The summed E-state index contributed by atoms with van der Waals surface area (Å²) in [5.74, 6) is 1.22. The van der Waals surface area contributed by atoms with Crippen LogP contribution in [-0.2, 0) is 32.2 Å². The van der Waals surface area contributed by atoms with E-state index in [1.54, 1.807) is 0 Å². The highest BCUT2D eigenvalue weighted by molar-refractivity contribution is 9.11. The number of rotatable bonds is 74. The van der Waals surface area contributed by atoms with E-state index in [1.807, 2.05) is 45.3 Å². The molecule has 0 saturated carbocycles. The van der Waals surface area contributed by atoms with Gasteiger partial charge in [-0.2, -0.15) is 0 Å². The van der Waals surface area contributed by atoms with E-state index in [0.717, 1.165) is 57.2 Å². The Kier molecular flexibility index (Phi) is 51.8. The Bertz CT molecular complexity index is 3360. The summed E-state index contributed by atoms with van der Waals surface area (Å²) in [5, 5.41) is 3.65. The second kappa shape index (κ2) is 59.7. The largest absolute Gasteiger partial charge is 0.338 e. The standard InChI is InChI=1S/C100H166Br2N4OS4/c1-9-17-25-33-39-43-47-50-56-64-72-82-76-86(101)108-94(82)98-103-85(75-67-59-53-49-45-41-35-27-19-11-3)96(110-98)93-89-88-91(105(93)78-80(68-60-31-23-15-7)70-62-54-37-29-21-13-5)84(74-66-58-52-46-42-36-28-20-12-4)90-97(92(88)106(100(89)107)79-81(69-61-32-24-16-8)71-63-55-38-30-22-14-6)111-99(104-90)95-83(77-87(102)109-95)73-65-57-51-48-44-40-34-26-18-10-2/h76-77,80-81H,9-75,78-79H2,1-8H3. The fourth-order valence-corrected chi connectivity index (χ4v) is 24.3. The zero-order valence-electron chi connectivity index (χ0n) is 73.2. The number of halogens is 2. The van der Waals surface area contributed by atoms with Crippen molar-refractivity contribution in [3.63, 3.8) is 0 Å². The number of aryl methyl sites for hydroxylation is 4. The molecule has 0 radical (unpaired) electrons. The number of thiazole rings is 2. The van der Waals surface area contributed by atoms with Crippen LogP contribution >= 0.6 is 77.2 Å². The van der Waals surface area contributed by atoms with E-state index < -0.39 is 0 Å². The second-order valence-corrected chi connectivity index (χ2v) is 41.9. The van der Waals surface area contributed by atoms with E-state index >= 15 is 4.79 Å². The van der Waals surface area contributed by atoms with E-state index in [2.05, 4.69) is 109 Å². The number of carbonyl (C=O) groups excluding carboxylic acids is 1. The van der Waals surface area contributed by atoms with Crippen LogP contribution in [0.25, 0.3) is 51.5 Å². The van der Waals surface area contributed by atoms with Gasteiger partial charge in [-0.05, 0) is 144 Å². The van der Waals surface area contributed by atoms with Gasteiger partial charge in [0.1, 0.15) is 10.0 Å². The average Bonchev–Trinajstić information content (AvgIpc) is 1.52. The molecule has 0 N–H and O–H groups in total. The van der Waals surface area contributed by atoms with Crippen molar-refractivity contribution in [2.45, 2.75) is 492 Å². The van der Waals surface area contributed by atoms with Gasteiger partial charge in [-0.25, -0.2) is 9.97 Å². The Hall–Kier alpha value is -1.89. The van der Waals surface area contributed by atoms with Gasteiger partial charge in [0.15, 0.2) is 0 Å². The van der Waals surface area contributed by atoms with Crippen molar-refractivity contribution in [3.05, 3.63) is 47.7 Å². The molecule has 7 rings (SSSR count). The van der Waals surface area contributed by atoms with Crippen LogP contribution in [0.5, 0.6) is 0 Å². The van der Waals surface area contributed by atoms with Crippen molar-refractivity contribution in [1.82, 2.24) is 14.5 Å². The third-order valence-corrected chi connectivity index (χ3v) is 31.0. The number of amides is 1. The number of benzene rings is 1. The molecule has 0 spiro atoms. The number of nitrogens with zero attached hydrogens (tertiary/aromatic N) is 4. The van der Waals surface area contributed by atoms with Crippen LogP contribution in [0.3, 0.4) is 0 Å². The van der Waals surface area contributed by atoms with Crippen molar-refractivity contribution in [3.8, 4) is 30.3 Å². The normalized spacial score (nSPS) is 13.0. The maximum atomic E-state index is 17.5. The van der Waals surface area contributed by atoms with Gasteiger partial charge in [-0.3, -0.25) is 4.79 Å². The number of unbranched alkanes of at least 4 members (excludes halogenated alkanes) is 51. The van der Waals surface area contributed by atoms with Gasteiger partial charge in [-0.15, -0.1) is 45.3 Å². The highest BCUT2D eigenvalue weighted by Crippen LogP contribution is 2.56. The Labute approximate surface area is 716 Å². The summed E-state index contributed by atoms with van der Waals surface area (Å²) in [7, 11) is 0. The van der Waals surface area contributed by atoms with Crippen molar-refractivity contribution in [1.29, 1.82) is 0 Å². The summed E-state index contributed by atoms with van der Waals surface area (Å²) in [5.41, 5.74) is 11.7. The number of anilines is 1. The summed E-state index contributed by atoms with van der Waals surface area (Å²) in [6, 6.07) is 4.91. The molecule has 1 aliphatic rings. The lowest BCUT2D eigenvalue weighted by atomic mass is 9.93. The van der Waals surface area contributed by atoms with Crippen LogP contribution in [0.15, 0.2) is 19.7 Å².